The quantitative estimate of drug-likeness (QED) is 0.552. The van der Waals surface area contributed by atoms with Crippen LogP contribution in [0.3, 0.4) is 0 Å². The van der Waals surface area contributed by atoms with Crippen molar-refractivity contribution in [2.75, 3.05) is 60.4 Å². The Labute approximate surface area is 161 Å². The molecule has 1 aliphatic rings. The molecule has 1 aromatic rings. The van der Waals surface area contributed by atoms with E-state index in [-0.39, 0.29) is 4.75 Å². The maximum absolute atomic E-state index is 5.81. The Morgan fingerprint density at radius 3 is 2.50 bits per heavy atom. The third kappa shape index (κ3) is 5.99. The smallest absolute Gasteiger partial charge is 0.193 e. The van der Waals surface area contributed by atoms with Crippen LogP contribution in [-0.4, -0.2) is 76.0 Å². The summed E-state index contributed by atoms with van der Waals surface area (Å²) in [6.45, 7) is 3.92. The predicted molar refractivity (Wildman–Crippen MR) is 109 cm³/mol. The van der Waals surface area contributed by atoms with E-state index in [0.717, 1.165) is 56.6 Å². The normalized spacial score (nSPS) is 16.8. The van der Waals surface area contributed by atoms with Gasteiger partial charge in [0.05, 0.1) is 13.7 Å². The van der Waals surface area contributed by atoms with Gasteiger partial charge in [0.2, 0.25) is 0 Å². The number of likely N-dealkylation sites (N-methyl/N-ethyl adjacent to an activating group) is 1. The fourth-order valence-corrected chi connectivity index (χ4v) is 3.69. The molecular formula is C19H31N3O3S. The first kappa shape index (κ1) is 20.7. The molecule has 146 valence electrons. The zero-order chi connectivity index (χ0) is 18.8. The zero-order valence-corrected chi connectivity index (χ0v) is 17.1. The second-order valence-corrected chi connectivity index (χ2v) is 7.62. The highest BCUT2D eigenvalue weighted by atomic mass is 32.2. The van der Waals surface area contributed by atoms with Crippen LogP contribution in [0.25, 0.3) is 0 Å². The summed E-state index contributed by atoms with van der Waals surface area (Å²) < 4.78 is 16.7. The molecule has 1 heterocycles. The lowest BCUT2D eigenvalue weighted by atomic mass is 9.99. The molecule has 1 fully saturated rings. The standard InChI is InChI=1S/C19H31N3O3S/c1-20-18(21-15-19(26-4)9-12-24-13-10-19)22(2)11-14-25-17-7-5-16(23-3)6-8-17/h5-8H,9-15H2,1-4H3,(H,20,21). The summed E-state index contributed by atoms with van der Waals surface area (Å²) >= 11 is 1.92. The summed E-state index contributed by atoms with van der Waals surface area (Å²) in [5.41, 5.74) is 0. The Balaban J connectivity index is 1.77. The van der Waals surface area contributed by atoms with Crippen molar-refractivity contribution in [1.82, 2.24) is 10.2 Å². The van der Waals surface area contributed by atoms with Crippen LogP contribution in [0.5, 0.6) is 11.5 Å². The number of ether oxygens (including phenoxy) is 3. The highest BCUT2D eigenvalue weighted by Crippen LogP contribution is 2.33. The molecule has 0 unspecified atom stereocenters. The molecule has 1 aliphatic heterocycles. The monoisotopic (exact) mass is 381 g/mol. The van der Waals surface area contributed by atoms with Gasteiger partial charge in [-0.25, -0.2) is 0 Å². The van der Waals surface area contributed by atoms with Gasteiger partial charge in [-0.3, -0.25) is 4.99 Å². The van der Waals surface area contributed by atoms with E-state index in [2.05, 4.69) is 21.5 Å². The largest absolute Gasteiger partial charge is 0.497 e. The Kier molecular flexibility index (Phi) is 8.38. The Bertz CT molecular complexity index is 560. The predicted octanol–water partition coefficient (Wildman–Crippen LogP) is 2.49. The van der Waals surface area contributed by atoms with Gasteiger partial charge in [0, 0.05) is 38.6 Å². The van der Waals surface area contributed by atoms with Gasteiger partial charge in [0.25, 0.3) is 0 Å². The summed E-state index contributed by atoms with van der Waals surface area (Å²) in [5.74, 6) is 2.56. The average molecular weight is 382 g/mol. The molecule has 0 bridgehead atoms. The molecule has 6 nitrogen and oxygen atoms in total. The van der Waals surface area contributed by atoms with E-state index in [0.29, 0.717) is 6.61 Å². The number of nitrogens with zero attached hydrogens (tertiary/aromatic N) is 2. The molecule has 1 aromatic carbocycles. The van der Waals surface area contributed by atoms with Gasteiger partial charge < -0.3 is 24.4 Å². The van der Waals surface area contributed by atoms with Crippen LogP contribution in [0.4, 0.5) is 0 Å². The molecule has 0 radical (unpaired) electrons. The molecule has 0 spiro atoms. The lowest BCUT2D eigenvalue weighted by Gasteiger charge is -2.36. The van der Waals surface area contributed by atoms with Crippen molar-refractivity contribution >= 4 is 17.7 Å². The molecule has 0 saturated carbocycles. The summed E-state index contributed by atoms with van der Waals surface area (Å²) in [6, 6.07) is 7.63. The van der Waals surface area contributed by atoms with E-state index in [1.54, 1.807) is 7.11 Å². The second-order valence-electron chi connectivity index (χ2n) is 6.35. The van der Waals surface area contributed by atoms with Gasteiger partial charge in [-0.1, -0.05) is 0 Å². The number of nitrogens with one attached hydrogen (secondary N) is 1. The molecule has 1 N–H and O–H groups in total. The highest BCUT2D eigenvalue weighted by molar-refractivity contribution is 8.00. The summed E-state index contributed by atoms with van der Waals surface area (Å²) in [4.78, 5) is 6.50. The fourth-order valence-electron chi connectivity index (χ4n) is 2.90. The molecule has 1 saturated heterocycles. The minimum Gasteiger partial charge on any atom is -0.497 e. The molecule has 0 amide bonds. The van der Waals surface area contributed by atoms with Gasteiger partial charge in [0.15, 0.2) is 5.96 Å². The zero-order valence-electron chi connectivity index (χ0n) is 16.3. The number of rotatable bonds is 8. The van der Waals surface area contributed by atoms with E-state index >= 15 is 0 Å². The molecule has 2 rings (SSSR count). The lowest BCUT2D eigenvalue weighted by Crippen LogP contribution is -2.48. The molecule has 26 heavy (non-hydrogen) atoms. The maximum Gasteiger partial charge on any atom is 0.193 e. The summed E-state index contributed by atoms with van der Waals surface area (Å²) in [7, 11) is 5.51. The van der Waals surface area contributed by atoms with Gasteiger partial charge >= 0.3 is 0 Å². The van der Waals surface area contributed by atoms with Gasteiger partial charge in [-0.15, -0.1) is 0 Å². The number of aliphatic imine (C=N–C) groups is 1. The first-order valence-corrected chi connectivity index (χ1v) is 10.2. The van der Waals surface area contributed by atoms with Crippen LogP contribution in [-0.2, 0) is 4.74 Å². The van der Waals surface area contributed by atoms with E-state index in [4.69, 9.17) is 14.2 Å². The minimum atomic E-state index is 0.231. The second kappa shape index (κ2) is 10.5. The number of guanidine groups is 1. The molecule has 7 heteroatoms. The van der Waals surface area contributed by atoms with E-state index in [1.165, 1.54) is 0 Å². The molecule has 0 aliphatic carbocycles. The first-order chi connectivity index (χ1) is 12.6. The van der Waals surface area contributed by atoms with Crippen molar-refractivity contribution < 1.29 is 14.2 Å². The molecule has 0 aromatic heterocycles. The number of hydrogen-bond acceptors (Lipinski definition) is 5. The van der Waals surface area contributed by atoms with Crippen LogP contribution < -0.4 is 14.8 Å². The van der Waals surface area contributed by atoms with Gasteiger partial charge in [0.1, 0.15) is 18.1 Å². The minimum absolute atomic E-state index is 0.231. The van der Waals surface area contributed by atoms with Crippen molar-refractivity contribution in [3.05, 3.63) is 24.3 Å². The van der Waals surface area contributed by atoms with Gasteiger partial charge in [-0.05, 0) is 43.4 Å². The maximum atomic E-state index is 5.81. The topological polar surface area (TPSA) is 55.3 Å². The van der Waals surface area contributed by atoms with Crippen LogP contribution in [0.2, 0.25) is 0 Å². The van der Waals surface area contributed by atoms with E-state index < -0.39 is 0 Å². The fraction of sp³-hybridized carbons (Fsp3) is 0.632. The lowest BCUT2D eigenvalue weighted by molar-refractivity contribution is 0.0781. The van der Waals surface area contributed by atoms with Crippen molar-refractivity contribution in [3.63, 3.8) is 0 Å². The molecular weight excluding hydrogens is 350 g/mol. The number of benzene rings is 1. The third-order valence-corrected chi connectivity index (χ3v) is 6.15. The average Bonchev–Trinajstić information content (AvgIpc) is 2.69. The summed E-state index contributed by atoms with van der Waals surface area (Å²) in [6.07, 6.45) is 4.33. The van der Waals surface area contributed by atoms with Crippen LogP contribution in [0.15, 0.2) is 29.3 Å². The van der Waals surface area contributed by atoms with Crippen LogP contribution in [0, 0.1) is 0 Å². The summed E-state index contributed by atoms with van der Waals surface area (Å²) in [5, 5.41) is 3.52. The molecule has 0 atom stereocenters. The first-order valence-electron chi connectivity index (χ1n) is 8.94. The van der Waals surface area contributed by atoms with Crippen molar-refractivity contribution in [2.45, 2.75) is 17.6 Å². The number of methoxy groups -OCH3 is 1. The Morgan fingerprint density at radius 2 is 1.92 bits per heavy atom. The Morgan fingerprint density at radius 1 is 1.27 bits per heavy atom. The van der Waals surface area contributed by atoms with Crippen LogP contribution >= 0.6 is 11.8 Å². The van der Waals surface area contributed by atoms with E-state index in [1.807, 2.05) is 50.1 Å². The van der Waals surface area contributed by atoms with Crippen molar-refractivity contribution in [1.29, 1.82) is 0 Å². The third-order valence-electron chi connectivity index (χ3n) is 4.73. The van der Waals surface area contributed by atoms with E-state index in [9.17, 15) is 0 Å². The van der Waals surface area contributed by atoms with Crippen molar-refractivity contribution in [3.8, 4) is 11.5 Å². The number of hydrogen-bond donors (Lipinski definition) is 1. The van der Waals surface area contributed by atoms with Gasteiger partial charge in [-0.2, -0.15) is 11.8 Å². The number of thioether (sulfide) groups is 1. The Hall–Kier alpha value is -1.60. The van der Waals surface area contributed by atoms with Crippen LogP contribution in [0.1, 0.15) is 12.8 Å². The highest BCUT2D eigenvalue weighted by Gasteiger charge is 2.32. The van der Waals surface area contributed by atoms with Crippen molar-refractivity contribution in [2.24, 2.45) is 4.99 Å². The SMILES string of the molecule is CN=C(NCC1(SC)CCOCC1)N(C)CCOc1ccc(OC)cc1.